The Kier molecular flexibility index (Phi) is 4.93. The van der Waals surface area contributed by atoms with Gasteiger partial charge in [-0.3, -0.25) is 0 Å². The van der Waals surface area contributed by atoms with Gasteiger partial charge in [-0.2, -0.15) is 0 Å². The maximum atomic E-state index is 8.85. The molecule has 1 aliphatic rings. The molecule has 1 aromatic rings. The number of hydrogen-bond acceptors (Lipinski definition) is 6. The van der Waals surface area contributed by atoms with Crippen LogP contribution in [0.15, 0.2) is 6.07 Å². The van der Waals surface area contributed by atoms with Crippen molar-refractivity contribution in [3.63, 3.8) is 0 Å². The minimum Gasteiger partial charge on any atom is -0.395 e. The minimum atomic E-state index is 0.0915. The van der Waals surface area contributed by atoms with Crippen molar-refractivity contribution >= 4 is 11.6 Å². The summed E-state index contributed by atoms with van der Waals surface area (Å²) in [5, 5.41) is 11.9. The summed E-state index contributed by atoms with van der Waals surface area (Å²) in [6.07, 6.45) is 2.05. The SMILES string of the molecule is Cc1nc(NCCO)cc(N(C)C2CCOCC2)n1. The van der Waals surface area contributed by atoms with E-state index < -0.39 is 0 Å². The molecule has 1 saturated heterocycles. The predicted octanol–water partition coefficient (Wildman–Crippen LogP) is 0.804. The van der Waals surface area contributed by atoms with Gasteiger partial charge in [0.2, 0.25) is 0 Å². The lowest BCUT2D eigenvalue weighted by Crippen LogP contribution is -2.37. The number of aliphatic hydroxyl groups is 1. The fourth-order valence-corrected chi connectivity index (χ4v) is 2.27. The van der Waals surface area contributed by atoms with E-state index in [-0.39, 0.29) is 6.61 Å². The summed E-state index contributed by atoms with van der Waals surface area (Å²) in [5.41, 5.74) is 0. The molecule has 1 aromatic heterocycles. The Hall–Kier alpha value is -1.40. The fourth-order valence-electron chi connectivity index (χ4n) is 2.27. The highest BCUT2D eigenvalue weighted by molar-refractivity contribution is 5.49. The average Bonchev–Trinajstić information content (AvgIpc) is 2.44. The third kappa shape index (κ3) is 3.78. The molecule has 0 spiro atoms. The van der Waals surface area contributed by atoms with Crippen molar-refractivity contribution < 1.29 is 9.84 Å². The van der Waals surface area contributed by atoms with E-state index in [0.29, 0.717) is 12.6 Å². The fraction of sp³-hybridized carbons (Fsp3) is 0.692. The smallest absolute Gasteiger partial charge is 0.134 e. The summed E-state index contributed by atoms with van der Waals surface area (Å²) in [5.74, 6) is 2.41. The summed E-state index contributed by atoms with van der Waals surface area (Å²) in [6.45, 7) is 4.10. The molecule has 1 fully saturated rings. The van der Waals surface area contributed by atoms with Crippen molar-refractivity contribution in [1.82, 2.24) is 9.97 Å². The molecule has 6 heteroatoms. The molecular weight excluding hydrogens is 244 g/mol. The van der Waals surface area contributed by atoms with Crippen molar-refractivity contribution in [3.05, 3.63) is 11.9 Å². The third-order valence-corrected chi connectivity index (χ3v) is 3.34. The van der Waals surface area contributed by atoms with Crippen LogP contribution in [0.25, 0.3) is 0 Å². The summed E-state index contributed by atoms with van der Waals surface area (Å²) < 4.78 is 5.39. The zero-order valence-electron chi connectivity index (χ0n) is 11.6. The molecular formula is C13H22N4O2. The first kappa shape index (κ1) is 14.0. The summed E-state index contributed by atoms with van der Waals surface area (Å²) in [7, 11) is 2.06. The number of nitrogens with zero attached hydrogens (tertiary/aromatic N) is 3. The second-order valence-corrected chi connectivity index (χ2v) is 4.76. The topological polar surface area (TPSA) is 70.5 Å². The number of nitrogens with one attached hydrogen (secondary N) is 1. The summed E-state index contributed by atoms with van der Waals surface area (Å²) >= 11 is 0. The van der Waals surface area contributed by atoms with Crippen molar-refractivity contribution in [2.45, 2.75) is 25.8 Å². The molecule has 106 valence electrons. The van der Waals surface area contributed by atoms with E-state index >= 15 is 0 Å². The zero-order valence-corrected chi connectivity index (χ0v) is 11.6. The van der Waals surface area contributed by atoms with E-state index in [4.69, 9.17) is 9.84 Å². The molecule has 0 aliphatic carbocycles. The molecule has 0 saturated carbocycles. The molecule has 0 atom stereocenters. The highest BCUT2D eigenvalue weighted by atomic mass is 16.5. The molecule has 1 aliphatic heterocycles. The molecule has 2 N–H and O–H groups in total. The Balaban J connectivity index is 2.11. The number of aryl methyl sites for hydroxylation is 1. The number of aliphatic hydroxyl groups excluding tert-OH is 1. The lowest BCUT2D eigenvalue weighted by Gasteiger charge is -2.32. The standard InChI is InChI=1S/C13H22N4O2/c1-10-15-12(14-5-6-18)9-13(16-10)17(2)11-3-7-19-8-4-11/h9,11,18H,3-8H2,1-2H3,(H,14,15,16). The quantitative estimate of drug-likeness (QED) is 0.821. The van der Waals surface area contributed by atoms with Crippen molar-refractivity contribution in [3.8, 4) is 0 Å². The van der Waals surface area contributed by atoms with E-state index in [1.54, 1.807) is 0 Å². The lowest BCUT2D eigenvalue weighted by molar-refractivity contribution is 0.0853. The second-order valence-electron chi connectivity index (χ2n) is 4.76. The Morgan fingerprint density at radius 3 is 2.84 bits per heavy atom. The van der Waals surface area contributed by atoms with E-state index in [2.05, 4.69) is 27.2 Å². The zero-order chi connectivity index (χ0) is 13.7. The molecule has 0 unspecified atom stereocenters. The number of rotatable bonds is 5. The van der Waals surface area contributed by atoms with Gasteiger partial charge in [-0.25, -0.2) is 9.97 Å². The van der Waals surface area contributed by atoms with Gasteiger partial charge >= 0.3 is 0 Å². The van der Waals surface area contributed by atoms with Crippen LogP contribution in [0.3, 0.4) is 0 Å². The van der Waals surface area contributed by atoms with Gasteiger partial charge in [-0.15, -0.1) is 0 Å². The average molecular weight is 266 g/mol. The molecule has 19 heavy (non-hydrogen) atoms. The Morgan fingerprint density at radius 1 is 1.42 bits per heavy atom. The van der Waals surface area contributed by atoms with Crippen LogP contribution in [0.2, 0.25) is 0 Å². The van der Waals surface area contributed by atoms with Gasteiger partial charge in [0.25, 0.3) is 0 Å². The lowest BCUT2D eigenvalue weighted by atomic mass is 10.1. The molecule has 6 nitrogen and oxygen atoms in total. The number of anilines is 2. The summed E-state index contributed by atoms with van der Waals surface area (Å²) in [4.78, 5) is 11.0. The van der Waals surface area contributed by atoms with Gasteiger partial charge < -0.3 is 20.1 Å². The maximum Gasteiger partial charge on any atom is 0.134 e. The van der Waals surface area contributed by atoms with Crippen LogP contribution in [-0.4, -0.2) is 54.5 Å². The predicted molar refractivity (Wildman–Crippen MR) is 74.6 cm³/mol. The van der Waals surface area contributed by atoms with Gasteiger partial charge in [-0.05, 0) is 19.8 Å². The number of aromatic nitrogens is 2. The van der Waals surface area contributed by atoms with Gasteiger partial charge in [0.05, 0.1) is 6.61 Å². The van der Waals surface area contributed by atoms with Gasteiger partial charge in [0, 0.05) is 38.9 Å². The van der Waals surface area contributed by atoms with Crippen LogP contribution in [-0.2, 0) is 4.74 Å². The van der Waals surface area contributed by atoms with Crippen LogP contribution in [0.5, 0.6) is 0 Å². The second kappa shape index (κ2) is 6.68. The van der Waals surface area contributed by atoms with Crippen LogP contribution < -0.4 is 10.2 Å². The molecule has 2 heterocycles. The Labute approximate surface area is 113 Å². The molecule has 0 radical (unpaired) electrons. The molecule has 2 rings (SSSR count). The number of hydrogen-bond donors (Lipinski definition) is 2. The minimum absolute atomic E-state index is 0.0915. The molecule has 0 bridgehead atoms. The third-order valence-electron chi connectivity index (χ3n) is 3.34. The normalized spacial score (nSPS) is 16.4. The van der Waals surface area contributed by atoms with E-state index in [1.807, 2.05) is 13.0 Å². The highest BCUT2D eigenvalue weighted by Crippen LogP contribution is 2.21. The largest absolute Gasteiger partial charge is 0.395 e. The Morgan fingerprint density at radius 2 is 2.16 bits per heavy atom. The maximum absolute atomic E-state index is 8.85. The first-order chi connectivity index (χ1) is 9.20. The van der Waals surface area contributed by atoms with E-state index in [0.717, 1.165) is 43.5 Å². The van der Waals surface area contributed by atoms with Crippen LogP contribution in [0, 0.1) is 6.92 Å². The van der Waals surface area contributed by atoms with Gasteiger partial charge in [0.15, 0.2) is 0 Å². The molecule has 0 aromatic carbocycles. The first-order valence-electron chi connectivity index (χ1n) is 6.71. The monoisotopic (exact) mass is 266 g/mol. The van der Waals surface area contributed by atoms with Crippen LogP contribution in [0.4, 0.5) is 11.6 Å². The van der Waals surface area contributed by atoms with E-state index in [1.165, 1.54) is 0 Å². The van der Waals surface area contributed by atoms with Crippen LogP contribution >= 0.6 is 0 Å². The van der Waals surface area contributed by atoms with E-state index in [9.17, 15) is 0 Å². The van der Waals surface area contributed by atoms with Gasteiger partial charge in [0.1, 0.15) is 17.5 Å². The van der Waals surface area contributed by atoms with Gasteiger partial charge in [-0.1, -0.05) is 0 Å². The van der Waals surface area contributed by atoms with Crippen molar-refractivity contribution in [2.24, 2.45) is 0 Å². The molecule has 0 amide bonds. The first-order valence-corrected chi connectivity index (χ1v) is 6.71. The van der Waals surface area contributed by atoms with Crippen molar-refractivity contribution in [1.29, 1.82) is 0 Å². The highest BCUT2D eigenvalue weighted by Gasteiger charge is 2.20. The Bertz CT molecular complexity index is 408. The van der Waals surface area contributed by atoms with Crippen LogP contribution in [0.1, 0.15) is 18.7 Å². The number of ether oxygens (including phenoxy) is 1. The summed E-state index contributed by atoms with van der Waals surface area (Å²) in [6, 6.07) is 2.40. The van der Waals surface area contributed by atoms with Crippen molar-refractivity contribution in [2.75, 3.05) is 43.6 Å².